The molecule has 0 amide bonds. The summed E-state index contributed by atoms with van der Waals surface area (Å²) in [5, 5.41) is 26.6. The number of carboxylic acids is 1. The van der Waals surface area contributed by atoms with E-state index < -0.39 is 34.1 Å². The Morgan fingerprint density at radius 3 is 2.81 bits per heavy atom. The second-order valence-electron chi connectivity index (χ2n) is 7.34. The molecule has 1 fully saturated rings. The first-order valence-corrected chi connectivity index (χ1v) is 10.0. The van der Waals surface area contributed by atoms with Gasteiger partial charge in [-0.3, -0.25) is 4.79 Å². The van der Waals surface area contributed by atoms with Crippen molar-refractivity contribution in [2.45, 2.75) is 18.6 Å². The Bertz CT molecular complexity index is 1140. The molecule has 1 saturated heterocycles. The van der Waals surface area contributed by atoms with E-state index in [0.717, 1.165) is 12.1 Å². The quantitative estimate of drug-likeness (QED) is 0.475. The van der Waals surface area contributed by atoms with Gasteiger partial charge in [-0.2, -0.15) is 0 Å². The van der Waals surface area contributed by atoms with Crippen LogP contribution >= 0.6 is 11.6 Å². The average molecular weight is 466 g/mol. The standard InChI is InChI=1S/C21H18ClF2N3O5/c22-19-15(24)3-2-14(23)18(19)16-7-12(32-27-16)10-31-17-4-1-11(8-26-17)21(30)5-6-25-9-13(21)20(28)29/h1-4,7-8,13,25,30H,5-6,9-10H2,(H,28,29)/t13-,21+/m1/s1. The molecule has 2 aromatic heterocycles. The molecule has 0 bridgehead atoms. The highest BCUT2D eigenvalue weighted by molar-refractivity contribution is 6.33. The minimum Gasteiger partial charge on any atom is -0.481 e. The number of benzene rings is 1. The van der Waals surface area contributed by atoms with Gasteiger partial charge in [-0.05, 0) is 31.2 Å². The molecule has 3 heterocycles. The van der Waals surface area contributed by atoms with Gasteiger partial charge in [-0.25, -0.2) is 13.8 Å². The number of carbonyl (C=O) groups is 1. The van der Waals surface area contributed by atoms with Crippen molar-refractivity contribution in [3.05, 3.63) is 64.5 Å². The van der Waals surface area contributed by atoms with E-state index in [1.54, 1.807) is 6.07 Å². The molecule has 0 radical (unpaired) electrons. The van der Waals surface area contributed by atoms with Crippen molar-refractivity contribution >= 4 is 17.6 Å². The first kappa shape index (κ1) is 22.1. The molecule has 0 spiro atoms. The van der Waals surface area contributed by atoms with Gasteiger partial charge < -0.3 is 24.8 Å². The normalized spacial score (nSPS) is 20.8. The minimum absolute atomic E-state index is 0.0155. The zero-order valence-corrected chi connectivity index (χ0v) is 17.3. The summed E-state index contributed by atoms with van der Waals surface area (Å²) >= 11 is 5.84. The van der Waals surface area contributed by atoms with E-state index >= 15 is 0 Å². The lowest BCUT2D eigenvalue weighted by Gasteiger charge is -2.38. The Morgan fingerprint density at radius 1 is 1.31 bits per heavy atom. The number of nitrogens with one attached hydrogen (secondary N) is 1. The van der Waals surface area contributed by atoms with Crippen molar-refractivity contribution in [3.8, 4) is 17.1 Å². The fourth-order valence-corrected chi connectivity index (χ4v) is 3.88. The van der Waals surface area contributed by atoms with Gasteiger partial charge in [0.1, 0.15) is 28.8 Å². The molecule has 3 N–H and O–H groups in total. The fraction of sp³-hybridized carbons (Fsp3) is 0.286. The maximum absolute atomic E-state index is 14.0. The van der Waals surface area contributed by atoms with E-state index in [9.17, 15) is 23.8 Å². The highest BCUT2D eigenvalue weighted by atomic mass is 35.5. The first-order valence-electron chi connectivity index (χ1n) is 9.64. The van der Waals surface area contributed by atoms with E-state index in [4.69, 9.17) is 20.9 Å². The first-order chi connectivity index (χ1) is 15.3. The van der Waals surface area contributed by atoms with Gasteiger partial charge in [0.05, 0.1) is 10.6 Å². The highest BCUT2D eigenvalue weighted by Crippen LogP contribution is 2.36. The summed E-state index contributed by atoms with van der Waals surface area (Å²) in [7, 11) is 0. The molecule has 2 atom stereocenters. The number of piperidine rings is 1. The smallest absolute Gasteiger partial charge is 0.311 e. The number of ether oxygens (including phenoxy) is 1. The Labute approximate surface area is 185 Å². The summed E-state index contributed by atoms with van der Waals surface area (Å²) in [4.78, 5) is 15.6. The third-order valence-corrected chi connectivity index (χ3v) is 5.73. The topological polar surface area (TPSA) is 118 Å². The van der Waals surface area contributed by atoms with Gasteiger partial charge in [0.2, 0.25) is 5.88 Å². The lowest BCUT2D eigenvalue weighted by Crippen LogP contribution is -2.51. The van der Waals surface area contributed by atoms with Crippen LogP contribution in [0.15, 0.2) is 41.1 Å². The number of hydrogen-bond donors (Lipinski definition) is 3. The van der Waals surface area contributed by atoms with Crippen molar-refractivity contribution in [2.75, 3.05) is 13.1 Å². The highest BCUT2D eigenvalue weighted by Gasteiger charge is 2.45. The van der Waals surface area contributed by atoms with Crippen LogP contribution in [0.25, 0.3) is 11.3 Å². The lowest BCUT2D eigenvalue weighted by molar-refractivity contribution is -0.155. The number of rotatable bonds is 6. The molecule has 0 unspecified atom stereocenters. The molecular weight excluding hydrogens is 448 g/mol. The summed E-state index contributed by atoms with van der Waals surface area (Å²) < 4.78 is 38.3. The number of carboxylic acid groups (broad SMARTS) is 1. The third-order valence-electron chi connectivity index (χ3n) is 5.36. The van der Waals surface area contributed by atoms with Crippen molar-refractivity contribution in [3.63, 3.8) is 0 Å². The van der Waals surface area contributed by atoms with Crippen LogP contribution < -0.4 is 10.1 Å². The molecule has 1 aliphatic rings. The van der Waals surface area contributed by atoms with Crippen LogP contribution in [0.3, 0.4) is 0 Å². The van der Waals surface area contributed by atoms with Crippen LogP contribution in [-0.4, -0.2) is 39.4 Å². The summed E-state index contributed by atoms with van der Waals surface area (Å²) in [6, 6.07) is 6.27. The fourth-order valence-electron chi connectivity index (χ4n) is 3.63. The number of pyridine rings is 1. The number of aliphatic carboxylic acids is 1. The van der Waals surface area contributed by atoms with Gasteiger partial charge in [0, 0.05) is 30.4 Å². The Kier molecular flexibility index (Phi) is 6.09. The van der Waals surface area contributed by atoms with Crippen molar-refractivity contribution in [1.29, 1.82) is 0 Å². The predicted octanol–water partition coefficient (Wildman–Crippen LogP) is 3.13. The zero-order valence-electron chi connectivity index (χ0n) is 16.5. The molecule has 168 valence electrons. The van der Waals surface area contributed by atoms with Crippen LogP contribution in [-0.2, 0) is 17.0 Å². The number of halogens is 3. The van der Waals surface area contributed by atoms with Gasteiger partial charge in [0.25, 0.3) is 0 Å². The molecule has 4 rings (SSSR count). The van der Waals surface area contributed by atoms with E-state index in [2.05, 4.69) is 15.5 Å². The number of aromatic nitrogens is 2. The Balaban J connectivity index is 1.46. The van der Waals surface area contributed by atoms with Crippen molar-refractivity contribution in [2.24, 2.45) is 5.92 Å². The van der Waals surface area contributed by atoms with Crippen LogP contribution in [0.1, 0.15) is 17.7 Å². The number of aliphatic hydroxyl groups is 1. The van der Waals surface area contributed by atoms with Crippen LogP contribution in [0.4, 0.5) is 8.78 Å². The largest absolute Gasteiger partial charge is 0.481 e. The SMILES string of the molecule is O=C(O)[C@H]1CNCC[C@]1(O)c1ccc(OCc2cc(-c3c(F)ccc(F)c3Cl)no2)nc1. The second-order valence-corrected chi connectivity index (χ2v) is 7.72. The Hall–Kier alpha value is -3.08. The maximum Gasteiger partial charge on any atom is 0.311 e. The van der Waals surface area contributed by atoms with E-state index in [1.807, 2.05) is 0 Å². The summed E-state index contributed by atoms with van der Waals surface area (Å²) in [6.07, 6.45) is 1.59. The average Bonchev–Trinajstić information content (AvgIpc) is 3.24. The van der Waals surface area contributed by atoms with Gasteiger partial charge >= 0.3 is 5.97 Å². The molecule has 11 heteroatoms. The number of nitrogens with zero attached hydrogens (tertiary/aromatic N) is 2. The molecule has 8 nitrogen and oxygen atoms in total. The van der Waals surface area contributed by atoms with E-state index in [0.29, 0.717) is 12.1 Å². The summed E-state index contributed by atoms with van der Waals surface area (Å²) in [5.74, 6) is -3.23. The van der Waals surface area contributed by atoms with Gasteiger partial charge in [-0.15, -0.1) is 0 Å². The van der Waals surface area contributed by atoms with E-state index in [1.165, 1.54) is 18.3 Å². The second kappa shape index (κ2) is 8.81. The van der Waals surface area contributed by atoms with Crippen LogP contribution in [0.5, 0.6) is 5.88 Å². The molecule has 32 heavy (non-hydrogen) atoms. The summed E-state index contributed by atoms with van der Waals surface area (Å²) in [6.45, 7) is 0.510. The summed E-state index contributed by atoms with van der Waals surface area (Å²) in [5.41, 5.74) is -1.37. The van der Waals surface area contributed by atoms with Crippen molar-refractivity contribution in [1.82, 2.24) is 15.5 Å². The Morgan fingerprint density at radius 2 is 2.09 bits per heavy atom. The lowest BCUT2D eigenvalue weighted by atomic mass is 9.77. The van der Waals surface area contributed by atoms with Crippen LogP contribution in [0, 0.1) is 17.6 Å². The van der Waals surface area contributed by atoms with Crippen molar-refractivity contribution < 1.29 is 33.0 Å². The van der Waals surface area contributed by atoms with Gasteiger partial charge in [-0.1, -0.05) is 16.8 Å². The predicted molar refractivity (Wildman–Crippen MR) is 108 cm³/mol. The molecule has 0 saturated carbocycles. The number of hydrogen-bond acceptors (Lipinski definition) is 7. The zero-order chi connectivity index (χ0) is 22.9. The third kappa shape index (κ3) is 4.16. The molecular formula is C21H18ClF2N3O5. The minimum atomic E-state index is -1.54. The van der Waals surface area contributed by atoms with E-state index in [-0.39, 0.29) is 42.5 Å². The maximum atomic E-state index is 14.0. The monoisotopic (exact) mass is 465 g/mol. The molecule has 0 aliphatic carbocycles. The molecule has 1 aliphatic heterocycles. The molecule has 1 aromatic carbocycles. The van der Waals surface area contributed by atoms with Crippen LogP contribution in [0.2, 0.25) is 5.02 Å². The molecule has 3 aromatic rings. The van der Waals surface area contributed by atoms with Gasteiger partial charge in [0.15, 0.2) is 12.4 Å².